The van der Waals surface area contributed by atoms with Crippen LogP contribution in [0, 0.1) is 5.92 Å². The first-order valence-corrected chi connectivity index (χ1v) is 8.10. The molecule has 1 aliphatic heterocycles. The molecule has 0 radical (unpaired) electrons. The average Bonchev–Trinajstić information content (AvgIpc) is 2.55. The van der Waals surface area contributed by atoms with Crippen LogP contribution in [0.2, 0.25) is 0 Å². The number of nitrogens with zero attached hydrogens (tertiary/aromatic N) is 1. The standard InChI is InChI=1S/C16H31NO/c1-13-7-9-15(10-8-13)17-11-5-3-4-6-16(17)12-14(2)18/h13-16,18H,3-12H2,1-2H3. The second kappa shape index (κ2) is 6.91. The van der Waals surface area contributed by atoms with E-state index in [4.69, 9.17) is 0 Å². The molecule has 2 atom stereocenters. The normalized spacial score (nSPS) is 37.2. The van der Waals surface area contributed by atoms with Crippen molar-refractivity contribution >= 4 is 0 Å². The van der Waals surface area contributed by atoms with Crippen LogP contribution < -0.4 is 0 Å². The van der Waals surface area contributed by atoms with Crippen LogP contribution in [-0.4, -0.2) is 34.7 Å². The summed E-state index contributed by atoms with van der Waals surface area (Å²) in [5.74, 6) is 0.934. The highest BCUT2D eigenvalue weighted by Gasteiger charge is 2.30. The molecule has 2 nitrogen and oxygen atoms in total. The SMILES string of the molecule is CC(O)CC1CCCCCN1C1CCC(C)CC1. The summed E-state index contributed by atoms with van der Waals surface area (Å²) in [6, 6.07) is 1.45. The molecule has 18 heavy (non-hydrogen) atoms. The highest BCUT2D eigenvalue weighted by molar-refractivity contribution is 4.85. The van der Waals surface area contributed by atoms with E-state index >= 15 is 0 Å². The molecule has 0 aromatic heterocycles. The predicted molar refractivity (Wildman–Crippen MR) is 76.7 cm³/mol. The van der Waals surface area contributed by atoms with Crippen molar-refractivity contribution in [2.45, 2.75) is 89.8 Å². The molecule has 1 saturated heterocycles. The van der Waals surface area contributed by atoms with Crippen LogP contribution >= 0.6 is 0 Å². The second-order valence-corrected chi connectivity index (χ2v) is 6.74. The molecule has 0 aromatic rings. The van der Waals surface area contributed by atoms with Crippen LogP contribution in [-0.2, 0) is 0 Å². The fourth-order valence-electron chi connectivity index (χ4n) is 3.90. The monoisotopic (exact) mass is 253 g/mol. The van der Waals surface area contributed by atoms with Crippen molar-refractivity contribution in [3.63, 3.8) is 0 Å². The molecule has 2 unspecified atom stereocenters. The summed E-state index contributed by atoms with van der Waals surface area (Å²) in [5, 5.41) is 9.73. The minimum absolute atomic E-state index is 0.141. The maximum atomic E-state index is 9.73. The zero-order valence-electron chi connectivity index (χ0n) is 12.3. The van der Waals surface area contributed by atoms with Gasteiger partial charge in [0.2, 0.25) is 0 Å². The Morgan fingerprint density at radius 3 is 2.44 bits per heavy atom. The molecule has 1 heterocycles. The summed E-state index contributed by atoms with van der Waals surface area (Å²) < 4.78 is 0. The maximum Gasteiger partial charge on any atom is 0.0527 e. The van der Waals surface area contributed by atoms with E-state index in [1.807, 2.05) is 6.92 Å². The van der Waals surface area contributed by atoms with Crippen molar-refractivity contribution < 1.29 is 5.11 Å². The third-order valence-corrected chi connectivity index (χ3v) is 4.99. The van der Waals surface area contributed by atoms with Gasteiger partial charge in [0.05, 0.1) is 6.10 Å². The van der Waals surface area contributed by atoms with Gasteiger partial charge in [-0.2, -0.15) is 0 Å². The van der Waals surface area contributed by atoms with E-state index in [9.17, 15) is 5.11 Å². The fourth-order valence-corrected chi connectivity index (χ4v) is 3.90. The molecule has 0 spiro atoms. The summed E-state index contributed by atoms with van der Waals surface area (Å²) in [5.41, 5.74) is 0. The van der Waals surface area contributed by atoms with Gasteiger partial charge in [0, 0.05) is 12.1 Å². The molecule has 1 saturated carbocycles. The van der Waals surface area contributed by atoms with E-state index in [2.05, 4.69) is 11.8 Å². The molecule has 1 N–H and O–H groups in total. The van der Waals surface area contributed by atoms with Gasteiger partial charge in [0.15, 0.2) is 0 Å². The molecule has 1 aliphatic carbocycles. The van der Waals surface area contributed by atoms with Gasteiger partial charge in [-0.25, -0.2) is 0 Å². The van der Waals surface area contributed by atoms with Crippen molar-refractivity contribution in [2.75, 3.05) is 6.54 Å². The number of aliphatic hydroxyl groups excluding tert-OH is 1. The smallest absolute Gasteiger partial charge is 0.0527 e. The largest absolute Gasteiger partial charge is 0.393 e. The topological polar surface area (TPSA) is 23.5 Å². The van der Waals surface area contributed by atoms with E-state index < -0.39 is 0 Å². The Balaban J connectivity index is 1.96. The van der Waals surface area contributed by atoms with Gasteiger partial charge in [0.25, 0.3) is 0 Å². The number of rotatable bonds is 3. The molecular formula is C16H31NO. The van der Waals surface area contributed by atoms with E-state index in [0.29, 0.717) is 6.04 Å². The third-order valence-electron chi connectivity index (χ3n) is 4.99. The number of hydrogen-bond acceptors (Lipinski definition) is 2. The van der Waals surface area contributed by atoms with E-state index in [0.717, 1.165) is 18.4 Å². The zero-order valence-corrected chi connectivity index (χ0v) is 12.3. The van der Waals surface area contributed by atoms with Crippen LogP contribution in [0.4, 0.5) is 0 Å². The summed E-state index contributed by atoms with van der Waals surface area (Å²) in [7, 11) is 0. The molecule has 2 aliphatic rings. The van der Waals surface area contributed by atoms with Gasteiger partial charge >= 0.3 is 0 Å². The molecule has 2 rings (SSSR count). The Kier molecular flexibility index (Phi) is 5.50. The molecule has 106 valence electrons. The summed E-state index contributed by atoms with van der Waals surface area (Å²) >= 11 is 0. The van der Waals surface area contributed by atoms with Gasteiger partial charge < -0.3 is 5.11 Å². The second-order valence-electron chi connectivity index (χ2n) is 6.74. The third kappa shape index (κ3) is 3.96. The predicted octanol–water partition coefficient (Wildman–Crippen LogP) is 3.58. The van der Waals surface area contributed by atoms with Gasteiger partial charge in [0.1, 0.15) is 0 Å². The van der Waals surface area contributed by atoms with Gasteiger partial charge in [-0.3, -0.25) is 4.90 Å². The molecular weight excluding hydrogens is 222 g/mol. The number of hydrogen-bond donors (Lipinski definition) is 1. The molecule has 0 amide bonds. The lowest BCUT2D eigenvalue weighted by molar-refractivity contribution is 0.0610. The van der Waals surface area contributed by atoms with Crippen molar-refractivity contribution in [1.29, 1.82) is 0 Å². The molecule has 0 aromatic carbocycles. The lowest BCUT2D eigenvalue weighted by atomic mass is 9.85. The lowest BCUT2D eigenvalue weighted by Gasteiger charge is -2.40. The van der Waals surface area contributed by atoms with Crippen molar-refractivity contribution in [3.8, 4) is 0 Å². The fraction of sp³-hybridized carbons (Fsp3) is 1.00. The maximum absolute atomic E-state index is 9.73. The average molecular weight is 253 g/mol. The van der Waals surface area contributed by atoms with E-state index in [-0.39, 0.29) is 6.10 Å². The van der Waals surface area contributed by atoms with Crippen molar-refractivity contribution in [1.82, 2.24) is 4.90 Å². The van der Waals surface area contributed by atoms with Crippen LogP contribution in [0.5, 0.6) is 0 Å². The Morgan fingerprint density at radius 1 is 1.06 bits per heavy atom. The lowest BCUT2D eigenvalue weighted by Crippen LogP contribution is -2.45. The van der Waals surface area contributed by atoms with Crippen LogP contribution in [0.1, 0.15) is 71.6 Å². The molecule has 2 heteroatoms. The van der Waals surface area contributed by atoms with Gasteiger partial charge in [-0.05, 0) is 64.3 Å². The van der Waals surface area contributed by atoms with Gasteiger partial charge in [-0.15, -0.1) is 0 Å². The Hall–Kier alpha value is -0.0800. The van der Waals surface area contributed by atoms with Crippen molar-refractivity contribution in [2.24, 2.45) is 5.92 Å². The van der Waals surface area contributed by atoms with Crippen LogP contribution in [0.15, 0.2) is 0 Å². The van der Waals surface area contributed by atoms with Crippen LogP contribution in [0.25, 0.3) is 0 Å². The molecule has 0 bridgehead atoms. The quantitative estimate of drug-likeness (QED) is 0.831. The summed E-state index contributed by atoms with van der Waals surface area (Å²) in [6.07, 6.45) is 11.8. The Bertz CT molecular complexity index is 233. The molecule has 2 fully saturated rings. The first-order chi connectivity index (χ1) is 8.66. The minimum atomic E-state index is -0.141. The Morgan fingerprint density at radius 2 is 1.78 bits per heavy atom. The Labute approximate surface area is 113 Å². The van der Waals surface area contributed by atoms with E-state index in [1.165, 1.54) is 57.9 Å². The first kappa shape index (κ1) is 14.3. The summed E-state index contributed by atoms with van der Waals surface area (Å²) in [6.45, 7) is 5.62. The first-order valence-electron chi connectivity index (χ1n) is 8.10. The minimum Gasteiger partial charge on any atom is -0.393 e. The highest BCUT2D eigenvalue weighted by atomic mass is 16.3. The highest BCUT2D eigenvalue weighted by Crippen LogP contribution is 2.31. The van der Waals surface area contributed by atoms with Crippen molar-refractivity contribution in [3.05, 3.63) is 0 Å². The number of likely N-dealkylation sites (tertiary alicyclic amines) is 1. The van der Waals surface area contributed by atoms with Crippen LogP contribution in [0.3, 0.4) is 0 Å². The van der Waals surface area contributed by atoms with Gasteiger partial charge in [-0.1, -0.05) is 19.8 Å². The van der Waals surface area contributed by atoms with E-state index in [1.54, 1.807) is 0 Å². The number of aliphatic hydroxyl groups is 1. The summed E-state index contributed by atoms with van der Waals surface area (Å²) in [4.78, 5) is 2.77. The zero-order chi connectivity index (χ0) is 13.0.